The third-order valence-corrected chi connectivity index (χ3v) is 3.58. The van der Waals surface area contributed by atoms with E-state index in [1.165, 1.54) is 12.1 Å². The van der Waals surface area contributed by atoms with Crippen LogP contribution in [0.25, 0.3) is 0 Å². The first kappa shape index (κ1) is 13.8. The zero-order chi connectivity index (χ0) is 12.9. The molecule has 0 aliphatic heterocycles. The van der Waals surface area contributed by atoms with Crippen molar-refractivity contribution >= 4 is 9.84 Å². The predicted molar refractivity (Wildman–Crippen MR) is 67.2 cm³/mol. The molecule has 1 aromatic carbocycles. The van der Waals surface area contributed by atoms with Crippen LogP contribution in [0, 0.1) is 12.3 Å². The summed E-state index contributed by atoms with van der Waals surface area (Å²) in [5, 5.41) is 9.87. The maximum absolute atomic E-state index is 11.4. The highest BCUT2D eigenvalue weighted by molar-refractivity contribution is 7.90. The van der Waals surface area contributed by atoms with Crippen LogP contribution in [0.2, 0.25) is 0 Å². The second kappa shape index (κ2) is 5.85. The lowest BCUT2D eigenvalue weighted by atomic mass is 10.0. The van der Waals surface area contributed by atoms with Crippen LogP contribution in [0.1, 0.15) is 30.9 Å². The average Bonchev–Trinajstić information content (AvgIpc) is 2.28. The van der Waals surface area contributed by atoms with Crippen LogP contribution in [-0.2, 0) is 9.84 Å². The smallest absolute Gasteiger partial charge is 0.175 e. The van der Waals surface area contributed by atoms with Crippen LogP contribution in [0.4, 0.5) is 0 Å². The van der Waals surface area contributed by atoms with E-state index in [2.05, 4.69) is 5.92 Å². The van der Waals surface area contributed by atoms with Gasteiger partial charge in [0.2, 0.25) is 0 Å². The van der Waals surface area contributed by atoms with E-state index in [9.17, 15) is 13.5 Å². The van der Waals surface area contributed by atoms with Gasteiger partial charge >= 0.3 is 0 Å². The number of rotatable bonds is 5. The molecule has 0 saturated heterocycles. The predicted octanol–water partition coefficient (Wildman–Crippen LogP) is 1.93. The first-order chi connectivity index (χ1) is 7.95. The van der Waals surface area contributed by atoms with Crippen molar-refractivity contribution < 1.29 is 13.5 Å². The van der Waals surface area contributed by atoms with Crippen LogP contribution in [0.3, 0.4) is 0 Å². The fraction of sp³-hybridized carbons (Fsp3) is 0.385. The SMILES string of the molecule is C#CCCCC(O)c1cccc(S(C)(=O)=O)c1. The molecular weight excluding hydrogens is 236 g/mol. The summed E-state index contributed by atoms with van der Waals surface area (Å²) >= 11 is 0. The maximum atomic E-state index is 11.4. The molecule has 0 aliphatic carbocycles. The molecule has 0 spiro atoms. The number of sulfone groups is 1. The fourth-order valence-corrected chi connectivity index (χ4v) is 2.19. The molecule has 3 nitrogen and oxygen atoms in total. The van der Waals surface area contributed by atoms with Gasteiger partial charge in [-0.15, -0.1) is 12.3 Å². The average molecular weight is 252 g/mol. The maximum Gasteiger partial charge on any atom is 0.175 e. The molecule has 0 aliphatic rings. The first-order valence-electron chi connectivity index (χ1n) is 5.36. The monoisotopic (exact) mass is 252 g/mol. The summed E-state index contributed by atoms with van der Waals surface area (Å²) in [5.41, 5.74) is 0.616. The van der Waals surface area contributed by atoms with Crippen molar-refractivity contribution in [2.45, 2.75) is 30.3 Å². The lowest BCUT2D eigenvalue weighted by Crippen LogP contribution is -2.01. The summed E-state index contributed by atoms with van der Waals surface area (Å²) in [4.78, 5) is 0.228. The van der Waals surface area contributed by atoms with Crippen molar-refractivity contribution in [3.63, 3.8) is 0 Å². The normalized spacial score (nSPS) is 13.0. The summed E-state index contributed by atoms with van der Waals surface area (Å²) in [7, 11) is -3.23. The van der Waals surface area contributed by atoms with Gasteiger partial charge in [-0.2, -0.15) is 0 Å². The number of aliphatic hydroxyl groups is 1. The molecule has 1 atom stereocenters. The number of aliphatic hydroxyl groups excluding tert-OH is 1. The van der Waals surface area contributed by atoms with Gasteiger partial charge in [-0.1, -0.05) is 12.1 Å². The van der Waals surface area contributed by atoms with Crippen molar-refractivity contribution in [2.24, 2.45) is 0 Å². The highest BCUT2D eigenvalue weighted by atomic mass is 32.2. The highest BCUT2D eigenvalue weighted by Crippen LogP contribution is 2.21. The second-order valence-electron chi connectivity index (χ2n) is 3.96. The summed E-state index contributed by atoms with van der Waals surface area (Å²) in [6.07, 6.45) is 7.49. The van der Waals surface area contributed by atoms with Gasteiger partial charge in [0, 0.05) is 12.7 Å². The van der Waals surface area contributed by atoms with E-state index in [1.54, 1.807) is 12.1 Å². The molecule has 0 radical (unpaired) electrons. The summed E-state index contributed by atoms with van der Waals surface area (Å²) in [5.74, 6) is 2.50. The summed E-state index contributed by atoms with van der Waals surface area (Å²) in [6, 6.07) is 6.38. The molecule has 0 amide bonds. The van der Waals surface area contributed by atoms with Crippen LogP contribution in [0.5, 0.6) is 0 Å². The number of unbranched alkanes of at least 4 members (excludes halogenated alkanes) is 1. The highest BCUT2D eigenvalue weighted by Gasteiger charge is 2.11. The Kier molecular flexibility index (Phi) is 4.73. The molecule has 0 saturated carbocycles. The Morgan fingerprint density at radius 3 is 2.76 bits per heavy atom. The van der Waals surface area contributed by atoms with Crippen molar-refractivity contribution in [1.82, 2.24) is 0 Å². The molecule has 0 bridgehead atoms. The molecular formula is C13H16O3S. The van der Waals surface area contributed by atoms with Crippen LogP contribution < -0.4 is 0 Å². The van der Waals surface area contributed by atoms with Crippen LogP contribution in [0.15, 0.2) is 29.2 Å². The lowest BCUT2D eigenvalue weighted by molar-refractivity contribution is 0.165. The molecule has 92 valence electrons. The minimum absolute atomic E-state index is 0.228. The van der Waals surface area contributed by atoms with Crippen molar-refractivity contribution in [3.05, 3.63) is 29.8 Å². The molecule has 4 heteroatoms. The van der Waals surface area contributed by atoms with E-state index in [1.807, 2.05) is 0 Å². The van der Waals surface area contributed by atoms with Gasteiger partial charge in [0.05, 0.1) is 11.0 Å². The molecule has 0 heterocycles. The van der Waals surface area contributed by atoms with Gasteiger partial charge in [0.15, 0.2) is 9.84 Å². The van der Waals surface area contributed by atoms with Gasteiger partial charge in [-0.3, -0.25) is 0 Å². The molecule has 1 aromatic rings. The first-order valence-corrected chi connectivity index (χ1v) is 7.26. The Labute approximate surface area is 102 Å². The van der Waals surface area contributed by atoms with E-state index in [4.69, 9.17) is 6.42 Å². The summed E-state index contributed by atoms with van der Waals surface area (Å²) in [6.45, 7) is 0. The number of hydrogen-bond acceptors (Lipinski definition) is 3. The lowest BCUT2D eigenvalue weighted by Gasteiger charge is -2.11. The summed E-state index contributed by atoms with van der Waals surface area (Å²) < 4.78 is 22.7. The molecule has 0 fully saturated rings. The van der Waals surface area contributed by atoms with Gasteiger partial charge < -0.3 is 5.11 Å². The van der Waals surface area contributed by atoms with Crippen LogP contribution >= 0.6 is 0 Å². The van der Waals surface area contributed by atoms with Gasteiger partial charge in [0.1, 0.15) is 0 Å². The zero-order valence-corrected chi connectivity index (χ0v) is 10.6. The minimum atomic E-state index is -3.23. The largest absolute Gasteiger partial charge is 0.388 e. The van der Waals surface area contributed by atoms with Gasteiger partial charge in [0.25, 0.3) is 0 Å². The topological polar surface area (TPSA) is 54.4 Å². The Morgan fingerprint density at radius 1 is 1.47 bits per heavy atom. The Bertz CT molecular complexity index is 512. The van der Waals surface area contributed by atoms with Crippen molar-refractivity contribution in [3.8, 4) is 12.3 Å². The molecule has 17 heavy (non-hydrogen) atoms. The van der Waals surface area contributed by atoms with E-state index < -0.39 is 15.9 Å². The van der Waals surface area contributed by atoms with Gasteiger partial charge in [-0.05, 0) is 30.5 Å². The van der Waals surface area contributed by atoms with E-state index >= 15 is 0 Å². The number of terminal acetylenes is 1. The van der Waals surface area contributed by atoms with E-state index in [-0.39, 0.29) is 4.90 Å². The molecule has 1 rings (SSSR count). The third kappa shape index (κ3) is 4.22. The Balaban J connectivity index is 2.82. The Hall–Kier alpha value is -1.31. The molecule has 1 N–H and O–H groups in total. The van der Waals surface area contributed by atoms with Crippen LogP contribution in [-0.4, -0.2) is 19.8 Å². The minimum Gasteiger partial charge on any atom is -0.388 e. The number of benzene rings is 1. The van der Waals surface area contributed by atoms with E-state index in [0.717, 1.165) is 12.7 Å². The fourth-order valence-electron chi connectivity index (χ4n) is 1.52. The number of hydrogen-bond donors (Lipinski definition) is 1. The van der Waals surface area contributed by atoms with Gasteiger partial charge in [-0.25, -0.2) is 8.42 Å². The van der Waals surface area contributed by atoms with Crippen molar-refractivity contribution in [2.75, 3.05) is 6.26 Å². The molecule has 1 unspecified atom stereocenters. The quantitative estimate of drug-likeness (QED) is 0.643. The molecule has 0 aromatic heterocycles. The standard InChI is InChI=1S/C13H16O3S/c1-3-4-5-9-13(14)11-7-6-8-12(10-11)17(2,15)16/h1,6-8,10,13-14H,4-5,9H2,2H3. The van der Waals surface area contributed by atoms with Crippen molar-refractivity contribution in [1.29, 1.82) is 0 Å². The Morgan fingerprint density at radius 2 is 2.18 bits per heavy atom. The third-order valence-electron chi connectivity index (χ3n) is 2.47. The van der Waals surface area contributed by atoms with E-state index in [0.29, 0.717) is 18.4 Å². The second-order valence-corrected chi connectivity index (χ2v) is 5.97. The zero-order valence-electron chi connectivity index (χ0n) is 9.76.